The summed E-state index contributed by atoms with van der Waals surface area (Å²) in [6.45, 7) is 0.834. The van der Waals surface area contributed by atoms with Crippen molar-refractivity contribution < 1.29 is 18.0 Å². The van der Waals surface area contributed by atoms with Crippen LogP contribution in [0.4, 0.5) is 0 Å². The zero-order valence-electron chi connectivity index (χ0n) is 16.0. The second kappa shape index (κ2) is 6.84. The van der Waals surface area contributed by atoms with Gasteiger partial charge in [0, 0.05) is 42.3 Å². The summed E-state index contributed by atoms with van der Waals surface area (Å²) in [7, 11) is -3.53. The lowest BCUT2D eigenvalue weighted by atomic mass is 10.1. The van der Waals surface area contributed by atoms with Crippen LogP contribution in [0.15, 0.2) is 30.5 Å². The average molecular weight is 417 g/mol. The highest BCUT2D eigenvalue weighted by atomic mass is 32.2. The van der Waals surface area contributed by atoms with E-state index in [9.17, 15) is 18.0 Å². The van der Waals surface area contributed by atoms with Gasteiger partial charge in [-0.1, -0.05) is 18.2 Å². The number of benzene rings is 1. The normalized spacial score (nSPS) is 27.0. The third-order valence-corrected chi connectivity index (χ3v) is 7.89. The molecule has 1 aliphatic carbocycles. The first-order valence-electron chi connectivity index (χ1n) is 10.1. The fraction of sp³-hybridized carbons (Fsp3) is 0.500. The van der Waals surface area contributed by atoms with E-state index in [4.69, 9.17) is 0 Å². The first-order valence-corrected chi connectivity index (χ1v) is 11.7. The summed E-state index contributed by atoms with van der Waals surface area (Å²) in [5.74, 6) is -0.447. The highest BCUT2D eigenvalue weighted by Gasteiger charge is 2.49. The molecule has 0 bridgehead atoms. The van der Waals surface area contributed by atoms with Crippen molar-refractivity contribution in [3.05, 3.63) is 36.0 Å². The molecule has 2 N–H and O–H groups in total. The van der Waals surface area contributed by atoms with Crippen LogP contribution in [-0.4, -0.2) is 71.4 Å². The summed E-state index contributed by atoms with van der Waals surface area (Å²) < 4.78 is 26.1. The lowest BCUT2D eigenvalue weighted by Crippen LogP contribution is -2.45. The topological polar surface area (TPSA) is 103 Å². The molecule has 0 unspecified atom stereocenters. The van der Waals surface area contributed by atoms with Crippen LogP contribution in [0.3, 0.4) is 0 Å². The number of carbonyl (C=O) groups excluding carboxylic acids is 2. The SMILES string of the molecule is O=C(Cc1c[nH]c2ccccc12)N[C@H]1C[C@H]2C(=O)N(C3CC3)S(=O)(=O)CCN2C1. The number of H-pyrrole nitrogens is 1. The minimum absolute atomic E-state index is 0.0399. The van der Waals surface area contributed by atoms with Crippen LogP contribution in [0.2, 0.25) is 0 Å². The van der Waals surface area contributed by atoms with Crippen LogP contribution >= 0.6 is 0 Å². The molecule has 2 aliphatic heterocycles. The Morgan fingerprint density at radius 3 is 2.83 bits per heavy atom. The minimum atomic E-state index is -3.53. The zero-order valence-corrected chi connectivity index (χ0v) is 16.8. The molecule has 2 saturated heterocycles. The summed E-state index contributed by atoms with van der Waals surface area (Å²) in [5.41, 5.74) is 1.93. The van der Waals surface area contributed by atoms with Crippen molar-refractivity contribution in [2.24, 2.45) is 0 Å². The van der Waals surface area contributed by atoms with Gasteiger partial charge in [-0.05, 0) is 30.9 Å². The van der Waals surface area contributed by atoms with E-state index in [-0.39, 0.29) is 36.1 Å². The van der Waals surface area contributed by atoms with Gasteiger partial charge in [0.2, 0.25) is 15.9 Å². The van der Waals surface area contributed by atoms with Gasteiger partial charge in [0.05, 0.1) is 18.2 Å². The molecule has 3 fully saturated rings. The van der Waals surface area contributed by atoms with E-state index in [1.54, 1.807) is 0 Å². The summed E-state index contributed by atoms with van der Waals surface area (Å²) in [4.78, 5) is 30.7. The number of fused-ring (bicyclic) bond motifs is 2. The number of aromatic amines is 1. The van der Waals surface area contributed by atoms with Gasteiger partial charge in [0.1, 0.15) is 0 Å². The molecule has 9 heteroatoms. The van der Waals surface area contributed by atoms with Gasteiger partial charge < -0.3 is 10.3 Å². The first-order chi connectivity index (χ1) is 13.9. The second-order valence-corrected chi connectivity index (χ2v) is 10.2. The Labute approximate surface area is 169 Å². The number of nitrogens with zero attached hydrogens (tertiary/aromatic N) is 2. The monoisotopic (exact) mass is 416 g/mol. The number of amides is 2. The molecular formula is C20H24N4O4S. The Kier molecular flexibility index (Phi) is 4.40. The molecule has 2 atom stereocenters. The van der Waals surface area contributed by atoms with Gasteiger partial charge in [-0.3, -0.25) is 14.5 Å². The van der Waals surface area contributed by atoms with Crippen LogP contribution in [0.1, 0.15) is 24.8 Å². The molecule has 154 valence electrons. The van der Waals surface area contributed by atoms with Gasteiger partial charge in [-0.2, -0.15) is 0 Å². The van der Waals surface area contributed by atoms with Crippen molar-refractivity contribution in [3.8, 4) is 0 Å². The number of aromatic nitrogens is 1. The van der Waals surface area contributed by atoms with Crippen molar-refractivity contribution in [1.29, 1.82) is 0 Å². The largest absolute Gasteiger partial charge is 0.361 e. The molecule has 1 saturated carbocycles. The highest BCUT2D eigenvalue weighted by Crippen LogP contribution is 2.34. The van der Waals surface area contributed by atoms with Crippen molar-refractivity contribution in [2.75, 3.05) is 18.8 Å². The molecule has 0 radical (unpaired) electrons. The lowest BCUT2D eigenvalue weighted by molar-refractivity contribution is -0.131. The molecule has 5 rings (SSSR count). The van der Waals surface area contributed by atoms with Crippen molar-refractivity contribution in [1.82, 2.24) is 19.5 Å². The smallest absolute Gasteiger partial charge is 0.253 e. The molecule has 2 amide bonds. The number of rotatable bonds is 4. The quantitative estimate of drug-likeness (QED) is 0.760. The van der Waals surface area contributed by atoms with E-state index < -0.39 is 16.1 Å². The number of para-hydroxylation sites is 1. The van der Waals surface area contributed by atoms with E-state index in [1.807, 2.05) is 35.4 Å². The van der Waals surface area contributed by atoms with E-state index in [0.717, 1.165) is 33.6 Å². The Hall–Kier alpha value is -2.39. The van der Waals surface area contributed by atoms with Crippen molar-refractivity contribution in [2.45, 2.75) is 43.8 Å². The average Bonchev–Trinajstić information content (AvgIpc) is 3.31. The predicted molar refractivity (Wildman–Crippen MR) is 108 cm³/mol. The number of nitrogens with one attached hydrogen (secondary N) is 2. The molecule has 29 heavy (non-hydrogen) atoms. The summed E-state index contributed by atoms with van der Waals surface area (Å²) >= 11 is 0. The third-order valence-electron chi connectivity index (χ3n) is 6.11. The van der Waals surface area contributed by atoms with Gasteiger partial charge in [0.25, 0.3) is 5.91 Å². The second-order valence-electron chi connectivity index (χ2n) is 8.23. The predicted octanol–water partition coefficient (Wildman–Crippen LogP) is 0.604. The highest BCUT2D eigenvalue weighted by molar-refractivity contribution is 7.89. The van der Waals surface area contributed by atoms with Crippen molar-refractivity contribution in [3.63, 3.8) is 0 Å². The van der Waals surface area contributed by atoms with Crippen molar-refractivity contribution >= 4 is 32.7 Å². The zero-order chi connectivity index (χ0) is 20.2. The minimum Gasteiger partial charge on any atom is -0.361 e. The number of sulfonamides is 1. The molecule has 3 aliphatic rings. The first kappa shape index (κ1) is 18.6. The molecule has 3 heterocycles. The Balaban J connectivity index is 1.26. The van der Waals surface area contributed by atoms with Gasteiger partial charge in [0.15, 0.2) is 0 Å². The lowest BCUT2D eigenvalue weighted by Gasteiger charge is -2.23. The molecule has 1 aromatic heterocycles. The maximum Gasteiger partial charge on any atom is 0.253 e. The number of hydrogen-bond donors (Lipinski definition) is 2. The van der Waals surface area contributed by atoms with Crippen LogP contribution in [0.5, 0.6) is 0 Å². The third kappa shape index (κ3) is 3.42. The Morgan fingerprint density at radius 2 is 2.03 bits per heavy atom. The molecular weight excluding hydrogens is 392 g/mol. The Morgan fingerprint density at radius 1 is 1.24 bits per heavy atom. The summed E-state index contributed by atoms with van der Waals surface area (Å²) in [6, 6.07) is 7.07. The summed E-state index contributed by atoms with van der Waals surface area (Å²) in [6.07, 6.45) is 4.08. The van der Waals surface area contributed by atoms with E-state index in [0.29, 0.717) is 19.5 Å². The maximum atomic E-state index is 12.9. The fourth-order valence-electron chi connectivity index (χ4n) is 4.57. The van der Waals surface area contributed by atoms with E-state index >= 15 is 0 Å². The van der Waals surface area contributed by atoms with Crippen LogP contribution < -0.4 is 5.32 Å². The molecule has 0 spiro atoms. The standard InChI is InChI=1S/C20H24N4O4S/c25-19(9-13-11-21-17-4-2-1-3-16(13)17)22-14-10-18-20(26)24(15-5-6-15)29(27,28)8-7-23(18)12-14/h1-4,11,14-15,18,21H,5-10,12H2,(H,22,25)/t14-,18-/m0/s1. The molecule has 8 nitrogen and oxygen atoms in total. The van der Waals surface area contributed by atoms with Gasteiger partial charge in [-0.25, -0.2) is 12.7 Å². The van der Waals surface area contributed by atoms with Crippen LogP contribution in [0.25, 0.3) is 10.9 Å². The van der Waals surface area contributed by atoms with Gasteiger partial charge in [-0.15, -0.1) is 0 Å². The van der Waals surface area contributed by atoms with E-state index in [1.165, 1.54) is 0 Å². The Bertz CT molecular complexity index is 1080. The maximum absolute atomic E-state index is 12.9. The molecule has 2 aromatic rings. The number of hydrogen-bond acceptors (Lipinski definition) is 5. The number of carbonyl (C=O) groups is 2. The van der Waals surface area contributed by atoms with Gasteiger partial charge >= 0.3 is 0 Å². The fourth-order valence-corrected chi connectivity index (χ4v) is 6.30. The van der Waals surface area contributed by atoms with Crippen LogP contribution in [0, 0.1) is 0 Å². The van der Waals surface area contributed by atoms with E-state index in [2.05, 4.69) is 10.3 Å². The molecule has 1 aromatic carbocycles. The van der Waals surface area contributed by atoms with Crippen LogP contribution in [-0.2, 0) is 26.0 Å². The summed E-state index contributed by atoms with van der Waals surface area (Å²) in [5, 5.41) is 4.08.